The van der Waals surface area contributed by atoms with Crippen molar-refractivity contribution in [3.8, 4) is 0 Å². The van der Waals surface area contributed by atoms with Gasteiger partial charge >= 0.3 is 5.97 Å². The van der Waals surface area contributed by atoms with Gasteiger partial charge in [0.2, 0.25) is 0 Å². The molecule has 0 spiro atoms. The Balaban J connectivity index is 2.52. The average molecular weight is 423 g/mol. The quantitative estimate of drug-likeness (QED) is 0.291. The molecule has 1 aromatic carbocycles. The predicted octanol–water partition coefficient (Wildman–Crippen LogP) is 4.05. The summed E-state index contributed by atoms with van der Waals surface area (Å²) in [5.41, 5.74) is 1.23. The Labute approximate surface area is 161 Å². The summed E-state index contributed by atoms with van der Waals surface area (Å²) in [5.74, 6) is -0.591. The molecule has 0 radical (unpaired) electrons. The maximum atomic E-state index is 12.3. The molecule has 0 unspecified atom stereocenters. The van der Waals surface area contributed by atoms with Crippen molar-refractivity contribution in [2.24, 2.45) is 0 Å². The van der Waals surface area contributed by atoms with Crippen LogP contribution in [0.4, 0.5) is 0 Å². The molecule has 7 heteroatoms. The van der Waals surface area contributed by atoms with E-state index in [1.807, 2.05) is 12.1 Å². The van der Waals surface area contributed by atoms with Gasteiger partial charge in [0.1, 0.15) is 17.8 Å². The number of hydrogen-bond donors (Lipinski definition) is 0. The molecular weight excluding hydrogens is 400 g/mol. The number of aromatic nitrogens is 2. The van der Waals surface area contributed by atoms with Crippen LogP contribution in [0.1, 0.15) is 43.7 Å². The number of carbonyl (C=O) groups excluding carboxylic acids is 2. The molecule has 0 saturated heterocycles. The monoisotopic (exact) mass is 422 g/mol. The van der Waals surface area contributed by atoms with Gasteiger partial charge in [0.05, 0.1) is 18.7 Å². The lowest BCUT2D eigenvalue weighted by Crippen LogP contribution is -2.27. The van der Waals surface area contributed by atoms with E-state index in [1.54, 1.807) is 26.8 Å². The molecule has 2 aromatic rings. The number of ketones is 1. The minimum absolute atomic E-state index is 0.0862. The van der Waals surface area contributed by atoms with Gasteiger partial charge in [0.15, 0.2) is 5.78 Å². The summed E-state index contributed by atoms with van der Waals surface area (Å²) in [6, 6.07) is 3.71. The van der Waals surface area contributed by atoms with Crippen LogP contribution < -0.4 is 0 Å². The summed E-state index contributed by atoms with van der Waals surface area (Å²) < 4.78 is 13.3. The van der Waals surface area contributed by atoms with Crippen LogP contribution in [0.2, 0.25) is 0 Å². The zero-order chi connectivity index (χ0) is 19.5. The second kappa shape index (κ2) is 8.14. The van der Waals surface area contributed by atoms with Crippen molar-refractivity contribution in [2.75, 3.05) is 6.61 Å². The second-order valence-electron chi connectivity index (χ2n) is 6.91. The van der Waals surface area contributed by atoms with Gasteiger partial charge in [-0.05, 0) is 32.9 Å². The predicted molar refractivity (Wildman–Crippen MR) is 103 cm³/mol. The number of Topliss-reactive ketones (excluding diaryl/α,β-unsaturated/α-hetero) is 1. The van der Waals surface area contributed by atoms with E-state index >= 15 is 0 Å². The fourth-order valence-corrected chi connectivity index (χ4v) is 3.10. The van der Waals surface area contributed by atoms with Gasteiger partial charge in [0, 0.05) is 22.3 Å². The molecule has 0 amide bonds. The number of ether oxygens (including phenoxy) is 2. The van der Waals surface area contributed by atoms with E-state index in [0.717, 1.165) is 10.0 Å². The van der Waals surface area contributed by atoms with Crippen LogP contribution >= 0.6 is 15.9 Å². The lowest BCUT2D eigenvalue weighted by molar-refractivity contribution is -0.155. The number of hydrogen-bond acceptors (Lipinski definition) is 5. The Bertz CT molecular complexity index is 849. The van der Waals surface area contributed by atoms with Crippen LogP contribution in [0.25, 0.3) is 10.9 Å². The third-order valence-corrected chi connectivity index (χ3v) is 3.87. The molecule has 140 valence electrons. The first-order valence-electron chi connectivity index (χ1n) is 8.22. The van der Waals surface area contributed by atoms with Gasteiger partial charge in [-0.2, -0.15) is 5.10 Å². The van der Waals surface area contributed by atoms with Crippen molar-refractivity contribution < 1.29 is 19.1 Å². The van der Waals surface area contributed by atoms with Gasteiger partial charge in [-0.1, -0.05) is 22.0 Å². The van der Waals surface area contributed by atoms with Gasteiger partial charge in [-0.3, -0.25) is 14.3 Å². The summed E-state index contributed by atoms with van der Waals surface area (Å²) in [5, 5.41) is 5.03. The fourth-order valence-electron chi connectivity index (χ4n) is 2.60. The van der Waals surface area contributed by atoms with Crippen LogP contribution in [-0.2, 0) is 27.4 Å². The number of esters is 1. The molecule has 0 aliphatic rings. The first-order chi connectivity index (χ1) is 12.1. The number of nitrogens with zero attached hydrogens (tertiary/aromatic N) is 2. The van der Waals surface area contributed by atoms with Gasteiger partial charge in [-0.25, -0.2) is 0 Å². The van der Waals surface area contributed by atoms with Crippen LogP contribution in [0.3, 0.4) is 0 Å². The fraction of sp³-hybridized carbons (Fsp3) is 0.421. The van der Waals surface area contributed by atoms with E-state index in [4.69, 9.17) is 9.47 Å². The molecule has 0 fully saturated rings. The van der Waals surface area contributed by atoms with Gasteiger partial charge in [-0.15, -0.1) is 6.58 Å². The highest BCUT2D eigenvalue weighted by Gasteiger charge is 2.22. The Morgan fingerprint density at radius 3 is 2.62 bits per heavy atom. The molecule has 0 aliphatic carbocycles. The van der Waals surface area contributed by atoms with Crippen LogP contribution in [-0.4, -0.2) is 33.7 Å². The summed E-state index contributed by atoms with van der Waals surface area (Å²) in [6.45, 7) is 11.1. The molecule has 1 aromatic heterocycles. The van der Waals surface area contributed by atoms with Crippen molar-refractivity contribution in [1.82, 2.24) is 9.78 Å². The minimum atomic E-state index is -0.595. The number of benzene rings is 1. The van der Waals surface area contributed by atoms with Gasteiger partial charge < -0.3 is 9.47 Å². The summed E-state index contributed by atoms with van der Waals surface area (Å²) in [7, 11) is 0. The molecule has 0 bridgehead atoms. The molecule has 6 nitrogen and oxygen atoms in total. The molecule has 0 N–H and O–H groups in total. The maximum absolute atomic E-state index is 12.3. The zero-order valence-electron chi connectivity index (χ0n) is 15.5. The highest BCUT2D eigenvalue weighted by molar-refractivity contribution is 9.10. The largest absolute Gasteiger partial charge is 0.459 e. The SMILES string of the molecule is C=CCOCc1cc(Br)cc2c(C(C)=O)nn(CC(=O)OC(C)(C)C)c12. The summed E-state index contributed by atoms with van der Waals surface area (Å²) in [4.78, 5) is 24.3. The third kappa shape index (κ3) is 5.02. The Morgan fingerprint density at radius 1 is 1.35 bits per heavy atom. The normalized spacial score (nSPS) is 11.6. The zero-order valence-corrected chi connectivity index (χ0v) is 17.1. The van der Waals surface area contributed by atoms with Crippen molar-refractivity contribution in [1.29, 1.82) is 0 Å². The molecule has 0 atom stereocenters. The average Bonchev–Trinajstić information content (AvgIpc) is 2.84. The number of rotatable bonds is 7. The van der Waals surface area contributed by atoms with Crippen molar-refractivity contribution >= 4 is 38.6 Å². The standard InChI is InChI=1S/C19H23BrN2O4/c1-6-7-25-11-13-8-14(20)9-15-17(12(2)23)21-22(18(13)15)10-16(24)26-19(3,4)5/h6,8-9H,1,7,10-11H2,2-5H3. The van der Waals surface area contributed by atoms with E-state index in [-0.39, 0.29) is 12.3 Å². The van der Waals surface area contributed by atoms with Crippen molar-refractivity contribution in [2.45, 2.75) is 46.4 Å². The molecule has 0 saturated carbocycles. The van der Waals surface area contributed by atoms with Crippen LogP contribution in [0.15, 0.2) is 29.3 Å². The molecular formula is C19H23BrN2O4. The Hall–Kier alpha value is -1.99. The molecule has 1 heterocycles. The highest BCUT2D eigenvalue weighted by atomic mass is 79.9. The number of halogens is 1. The van der Waals surface area contributed by atoms with E-state index in [2.05, 4.69) is 27.6 Å². The first kappa shape index (κ1) is 20.3. The summed E-state index contributed by atoms with van der Waals surface area (Å²) in [6.07, 6.45) is 1.66. The topological polar surface area (TPSA) is 70.4 Å². The van der Waals surface area contributed by atoms with E-state index in [0.29, 0.717) is 29.8 Å². The highest BCUT2D eigenvalue weighted by Crippen LogP contribution is 2.28. The van der Waals surface area contributed by atoms with E-state index in [9.17, 15) is 9.59 Å². The first-order valence-corrected chi connectivity index (χ1v) is 9.02. The number of fused-ring (bicyclic) bond motifs is 1. The van der Waals surface area contributed by atoms with Crippen molar-refractivity contribution in [3.63, 3.8) is 0 Å². The molecule has 2 rings (SSSR count). The third-order valence-electron chi connectivity index (χ3n) is 3.41. The lowest BCUT2D eigenvalue weighted by Gasteiger charge is -2.19. The van der Waals surface area contributed by atoms with E-state index in [1.165, 1.54) is 11.6 Å². The Kier molecular flexibility index (Phi) is 6.36. The maximum Gasteiger partial charge on any atom is 0.328 e. The second-order valence-corrected chi connectivity index (χ2v) is 7.83. The minimum Gasteiger partial charge on any atom is -0.459 e. The lowest BCUT2D eigenvalue weighted by atomic mass is 10.1. The molecule has 26 heavy (non-hydrogen) atoms. The van der Waals surface area contributed by atoms with Crippen LogP contribution in [0, 0.1) is 0 Å². The van der Waals surface area contributed by atoms with Crippen LogP contribution in [0.5, 0.6) is 0 Å². The Morgan fingerprint density at radius 2 is 2.04 bits per heavy atom. The number of carbonyl (C=O) groups is 2. The smallest absolute Gasteiger partial charge is 0.328 e. The van der Waals surface area contributed by atoms with E-state index < -0.39 is 11.6 Å². The summed E-state index contributed by atoms with van der Waals surface area (Å²) >= 11 is 3.46. The van der Waals surface area contributed by atoms with Crippen molar-refractivity contribution in [3.05, 3.63) is 40.5 Å². The molecule has 0 aliphatic heterocycles. The van der Waals surface area contributed by atoms with Gasteiger partial charge in [0.25, 0.3) is 0 Å².